The Kier molecular flexibility index (Phi) is 3.64. The van der Waals surface area contributed by atoms with Gasteiger partial charge in [0.15, 0.2) is 0 Å². The third-order valence-electron chi connectivity index (χ3n) is 2.15. The predicted molar refractivity (Wildman–Crippen MR) is 70.1 cm³/mol. The van der Waals surface area contributed by atoms with Gasteiger partial charge in [0.1, 0.15) is 10.4 Å². The molecule has 5 heteroatoms. The van der Waals surface area contributed by atoms with Crippen LogP contribution >= 0.6 is 38.9 Å². The van der Waals surface area contributed by atoms with Gasteiger partial charge in [-0.3, -0.25) is 4.98 Å². The highest BCUT2D eigenvalue weighted by Gasteiger charge is 2.15. The number of halogens is 2. The average Bonchev–Trinajstić information content (AvgIpc) is 2.58. The van der Waals surface area contributed by atoms with E-state index in [9.17, 15) is 5.11 Å². The molecule has 0 saturated heterocycles. The topological polar surface area (TPSA) is 33.1 Å². The Labute approximate surface area is 111 Å². The lowest BCUT2D eigenvalue weighted by Crippen LogP contribution is -1.98. The quantitative estimate of drug-likeness (QED) is 0.909. The zero-order valence-corrected chi connectivity index (χ0v) is 11.6. The number of aromatic nitrogens is 1. The third-order valence-corrected chi connectivity index (χ3v) is 4.67. The molecule has 0 aliphatic carbocycles. The van der Waals surface area contributed by atoms with E-state index < -0.39 is 6.10 Å². The Morgan fingerprint density at radius 2 is 2.19 bits per heavy atom. The Balaban J connectivity index is 2.35. The van der Waals surface area contributed by atoms with E-state index in [4.69, 9.17) is 11.6 Å². The Morgan fingerprint density at radius 3 is 2.75 bits per heavy atom. The molecular weight excluding hydrogens is 310 g/mol. The SMILES string of the molecule is Cc1cncc(C(O)c2cc(Br)c(Cl)s2)c1. The third kappa shape index (κ3) is 2.46. The van der Waals surface area contributed by atoms with Crippen LogP contribution in [0.3, 0.4) is 0 Å². The van der Waals surface area contributed by atoms with Crippen molar-refractivity contribution in [3.8, 4) is 0 Å². The summed E-state index contributed by atoms with van der Waals surface area (Å²) in [6.07, 6.45) is 2.76. The molecule has 0 radical (unpaired) electrons. The van der Waals surface area contributed by atoms with Gasteiger partial charge in [-0.1, -0.05) is 17.7 Å². The van der Waals surface area contributed by atoms with Crippen molar-refractivity contribution in [1.29, 1.82) is 0 Å². The summed E-state index contributed by atoms with van der Waals surface area (Å²) in [5, 5.41) is 10.1. The zero-order valence-electron chi connectivity index (χ0n) is 8.45. The Hall–Kier alpha value is -0.420. The largest absolute Gasteiger partial charge is 0.383 e. The highest BCUT2D eigenvalue weighted by molar-refractivity contribution is 9.10. The fourth-order valence-corrected chi connectivity index (χ4v) is 3.14. The molecule has 84 valence electrons. The van der Waals surface area contributed by atoms with Crippen LogP contribution in [0.25, 0.3) is 0 Å². The second-order valence-corrected chi connectivity index (χ2v) is 6.01. The first-order chi connectivity index (χ1) is 7.58. The van der Waals surface area contributed by atoms with Crippen LogP contribution in [0, 0.1) is 6.92 Å². The van der Waals surface area contributed by atoms with E-state index in [2.05, 4.69) is 20.9 Å². The molecule has 1 atom stereocenters. The summed E-state index contributed by atoms with van der Waals surface area (Å²) in [5.41, 5.74) is 1.81. The highest BCUT2D eigenvalue weighted by atomic mass is 79.9. The minimum atomic E-state index is -0.666. The molecule has 2 rings (SSSR count). The van der Waals surface area contributed by atoms with Crippen molar-refractivity contribution in [1.82, 2.24) is 4.98 Å². The fourth-order valence-electron chi connectivity index (χ4n) is 1.39. The highest BCUT2D eigenvalue weighted by Crippen LogP contribution is 2.37. The molecule has 0 aliphatic rings. The number of aliphatic hydroxyl groups excluding tert-OH is 1. The summed E-state index contributed by atoms with van der Waals surface area (Å²) in [6.45, 7) is 1.94. The van der Waals surface area contributed by atoms with Gasteiger partial charge in [0.2, 0.25) is 0 Å². The molecule has 0 aromatic carbocycles. The van der Waals surface area contributed by atoms with Crippen molar-refractivity contribution in [3.63, 3.8) is 0 Å². The molecule has 0 aliphatic heterocycles. The van der Waals surface area contributed by atoms with Crippen LogP contribution in [0.5, 0.6) is 0 Å². The molecule has 2 aromatic heterocycles. The van der Waals surface area contributed by atoms with Crippen molar-refractivity contribution in [2.45, 2.75) is 13.0 Å². The number of aryl methyl sites for hydroxylation is 1. The summed E-state index contributed by atoms with van der Waals surface area (Å²) in [6, 6.07) is 3.75. The summed E-state index contributed by atoms with van der Waals surface area (Å²) in [7, 11) is 0. The standard InChI is InChI=1S/C11H9BrClNOS/c1-6-2-7(5-14-4-6)10(15)9-3-8(12)11(13)16-9/h2-5,10,15H,1H3. The number of rotatable bonds is 2. The van der Waals surface area contributed by atoms with E-state index in [0.717, 1.165) is 20.5 Å². The lowest BCUT2D eigenvalue weighted by atomic mass is 10.1. The van der Waals surface area contributed by atoms with Crippen LogP contribution in [-0.2, 0) is 0 Å². The van der Waals surface area contributed by atoms with Crippen LogP contribution in [-0.4, -0.2) is 10.1 Å². The van der Waals surface area contributed by atoms with Gasteiger partial charge >= 0.3 is 0 Å². The normalized spacial score (nSPS) is 12.8. The lowest BCUT2D eigenvalue weighted by Gasteiger charge is -2.08. The fraction of sp³-hybridized carbons (Fsp3) is 0.182. The van der Waals surface area contributed by atoms with Crippen LogP contribution < -0.4 is 0 Å². The number of hydrogen-bond acceptors (Lipinski definition) is 3. The first kappa shape index (κ1) is 12.0. The number of thiophene rings is 1. The van der Waals surface area contributed by atoms with E-state index >= 15 is 0 Å². The molecule has 16 heavy (non-hydrogen) atoms. The Morgan fingerprint density at radius 1 is 1.44 bits per heavy atom. The van der Waals surface area contributed by atoms with Crippen LogP contribution in [0.4, 0.5) is 0 Å². The second kappa shape index (κ2) is 4.84. The van der Waals surface area contributed by atoms with E-state index in [1.54, 1.807) is 12.4 Å². The monoisotopic (exact) mass is 317 g/mol. The molecule has 1 unspecified atom stereocenters. The number of hydrogen-bond donors (Lipinski definition) is 1. The maximum atomic E-state index is 10.1. The van der Waals surface area contributed by atoms with Crippen LogP contribution in [0.2, 0.25) is 4.34 Å². The van der Waals surface area contributed by atoms with E-state index in [0.29, 0.717) is 4.34 Å². The summed E-state index contributed by atoms with van der Waals surface area (Å²) >= 11 is 10.6. The molecule has 0 fully saturated rings. The molecule has 0 bridgehead atoms. The van der Waals surface area contributed by atoms with Crippen molar-refractivity contribution in [2.75, 3.05) is 0 Å². The van der Waals surface area contributed by atoms with Gasteiger partial charge < -0.3 is 5.11 Å². The molecule has 2 nitrogen and oxygen atoms in total. The smallest absolute Gasteiger partial charge is 0.115 e. The number of aliphatic hydroxyl groups is 1. The van der Waals surface area contributed by atoms with Gasteiger partial charge in [-0.05, 0) is 34.5 Å². The predicted octanol–water partition coefficient (Wildman–Crippen LogP) is 3.95. The van der Waals surface area contributed by atoms with E-state index in [-0.39, 0.29) is 0 Å². The van der Waals surface area contributed by atoms with Gasteiger partial charge in [0.05, 0.1) is 0 Å². The average molecular weight is 319 g/mol. The van der Waals surface area contributed by atoms with Crippen molar-refractivity contribution >= 4 is 38.9 Å². The molecule has 2 aromatic rings. The molecule has 1 N–H and O–H groups in total. The zero-order chi connectivity index (χ0) is 11.7. The molecule has 0 amide bonds. The molecule has 0 saturated carbocycles. The van der Waals surface area contributed by atoms with Gasteiger partial charge in [-0.25, -0.2) is 0 Å². The van der Waals surface area contributed by atoms with Crippen molar-refractivity contribution in [2.24, 2.45) is 0 Å². The minimum Gasteiger partial charge on any atom is -0.383 e. The van der Waals surface area contributed by atoms with Crippen molar-refractivity contribution in [3.05, 3.63) is 49.3 Å². The summed E-state index contributed by atoms with van der Waals surface area (Å²) in [5.74, 6) is 0. The van der Waals surface area contributed by atoms with Gasteiger partial charge in [-0.15, -0.1) is 11.3 Å². The van der Waals surface area contributed by atoms with Crippen LogP contribution in [0.1, 0.15) is 22.1 Å². The Bertz CT molecular complexity index is 495. The van der Waals surface area contributed by atoms with Crippen molar-refractivity contribution < 1.29 is 5.11 Å². The minimum absolute atomic E-state index is 0.648. The molecule has 0 spiro atoms. The van der Waals surface area contributed by atoms with E-state index in [1.807, 2.05) is 19.1 Å². The number of pyridine rings is 1. The maximum absolute atomic E-state index is 10.1. The first-order valence-corrected chi connectivity index (χ1v) is 6.61. The van der Waals surface area contributed by atoms with E-state index in [1.165, 1.54) is 11.3 Å². The van der Waals surface area contributed by atoms with Gasteiger partial charge in [0, 0.05) is 27.3 Å². The van der Waals surface area contributed by atoms with Gasteiger partial charge in [0.25, 0.3) is 0 Å². The summed E-state index contributed by atoms with van der Waals surface area (Å²) < 4.78 is 1.46. The first-order valence-electron chi connectivity index (χ1n) is 4.62. The van der Waals surface area contributed by atoms with Gasteiger partial charge in [-0.2, -0.15) is 0 Å². The number of nitrogens with zero attached hydrogens (tertiary/aromatic N) is 1. The lowest BCUT2D eigenvalue weighted by molar-refractivity contribution is 0.223. The summed E-state index contributed by atoms with van der Waals surface area (Å²) in [4.78, 5) is 4.87. The second-order valence-electron chi connectivity index (χ2n) is 3.47. The maximum Gasteiger partial charge on any atom is 0.115 e. The van der Waals surface area contributed by atoms with Crippen LogP contribution in [0.15, 0.2) is 29.0 Å². The molecular formula is C11H9BrClNOS. The molecule has 2 heterocycles.